The lowest BCUT2D eigenvalue weighted by atomic mass is 10.2. The molecule has 1 heterocycles. The van der Waals surface area contributed by atoms with Gasteiger partial charge in [-0.05, 0) is 37.3 Å². The first kappa shape index (κ1) is 16.3. The molecule has 0 aliphatic heterocycles. The SMILES string of the molecule is Cc1oc(-c2ccccc2)nc1COC(=O)c1cc(Br)ccc1O. The Morgan fingerprint density at radius 1 is 1.25 bits per heavy atom. The Morgan fingerprint density at radius 3 is 2.75 bits per heavy atom. The van der Waals surface area contributed by atoms with Crippen molar-refractivity contribution in [3.05, 3.63) is 70.0 Å². The van der Waals surface area contributed by atoms with E-state index in [1.165, 1.54) is 12.1 Å². The van der Waals surface area contributed by atoms with E-state index in [9.17, 15) is 9.90 Å². The molecule has 24 heavy (non-hydrogen) atoms. The second kappa shape index (κ2) is 6.88. The molecule has 0 fully saturated rings. The molecule has 6 heteroatoms. The van der Waals surface area contributed by atoms with Crippen LogP contribution in [0.4, 0.5) is 0 Å². The van der Waals surface area contributed by atoms with Crippen LogP contribution in [0.2, 0.25) is 0 Å². The van der Waals surface area contributed by atoms with Crippen molar-refractivity contribution in [1.82, 2.24) is 4.98 Å². The number of benzene rings is 2. The number of phenolic OH excluding ortho intramolecular Hbond substituents is 1. The Kier molecular flexibility index (Phi) is 4.66. The highest BCUT2D eigenvalue weighted by Gasteiger charge is 2.16. The third-order valence-corrected chi connectivity index (χ3v) is 3.93. The average Bonchev–Trinajstić information content (AvgIpc) is 2.96. The molecule has 0 saturated heterocycles. The molecule has 3 rings (SSSR count). The predicted molar refractivity (Wildman–Crippen MR) is 91.6 cm³/mol. The van der Waals surface area contributed by atoms with E-state index in [1.54, 1.807) is 13.0 Å². The maximum Gasteiger partial charge on any atom is 0.342 e. The van der Waals surface area contributed by atoms with Crippen LogP contribution in [-0.4, -0.2) is 16.1 Å². The molecule has 0 saturated carbocycles. The maximum absolute atomic E-state index is 12.1. The zero-order valence-electron chi connectivity index (χ0n) is 12.8. The van der Waals surface area contributed by atoms with Gasteiger partial charge >= 0.3 is 5.97 Å². The first-order valence-electron chi connectivity index (χ1n) is 7.22. The van der Waals surface area contributed by atoms with E-state index in [-0.39, 0.29) is 17.9 Å². The average molecular weight is 388 g/mol. The van der Waals surface area contributed by atoms with Gasteiger partial charge in [-0.15, -0.1) is 0 Å². The molecule has 0 unspecified atom stereocenters. The Bertz CT molecular complexity index is 874. The van der Waals surface area contributed by atoms with Crippen LogP contribution in [0.1, 0.15) is 21.8 Å². The topological polar surface area (TPSA) is 72.6 Å². The molecule has 1 aromatic heterocycles. The van der Waals surface area contributed by atoms with E-state index >= 15 is 0 Å². The van der Waals surface area contributed by atoms with Gasteiger partial charge in [-0.1, -0.05) is 34.1 Å². The molecular formula is C18H14BrNO4. The number of hydrogen-bond donors (Lipinski definition) is 1. The monoisotopic (exact) mass is 387 g/mol. The second-order valence-corrected chi connectivity index (χ2v) is 6.04. The number of hydrogen-bond acceptors (Lipinski definition) is 5. The normalized spacial score (nSPS) is 10.6. The summed E-state index contributed by atoms with van der Waals surface area (Å²) >= 11 is 3.26. The highest BCUT2D eigenvalue weighted by Crippen LogP contribution is 2.24. The van der Waals surface area contributed by atoms with Crippen molar-refractivity contribution in [3.63, 3.8) is 0 Å². The van der Waals surface area contributed by atoms with Gasteiger partial charge in [0.05, 0.1) is 0 Å². The molecule has 0 aliphatic carbocycles. The summed E-state index contributed by atoms with van der Waals surface area (Å²) in [7, 11) is 0. The van der Waals surface area contributed by atoms with Crippen molar-refractivity contribution >= 4 is 21.9 Å². The Morgan fingerprint density at radius 2 is 2.00 bits per heavy atom. The fraction of sp³-hybridized carbons (Fsp3) is 0.111. The van der Waals surface area contributed by atoms with E-state index in [0.717, 1.165) is 5.56 Å². The summed E-state index contributed by atoms with van der Waals surface area (Å²) in [6, 6.07) is 14.0. The van der Waals surface area contributed by atoms with Crippen molar-refractivity contribution in [2.75, 3.05) is 0 Å². The summed E-state index contributed by atoms with van der Waals surface area (Å²) in [5.74, 6) is 0.298. The van der Waals surface area contributed by atoms with Crippen LogP contribution in [0.5, 0.6) is 5.75 Å². The number of rotatable bonds is 4. The molecule has 5 nitrogen and oxygen atoms in total. The molecule has 0 aliphatic rings. The van der Waals surface area contributed by atoms with E-state index < -0.39 is 5.97 Å². The minimum absolute atomic E-state index is 0.0348. The molecule has 0 bridgehead atoms. The summed E-state index contributed by atoms with van der Waals surface area (Å²) < 4.78 is 11.5. The number of carbonyl (C=O) groups excluding carboxylic acids is 1. The summed E-state index contributed by atoms with van der Waals surface area (Å²) in [5, 5.41) is 9.75. The lowest BCUT2D eigenvalue weighted by Crippen LogP contribution is -2.06. The van der Waals surface area contributed by atoms with E-state index in [4.69, 9.17) is 9.15 Å². The van der Waals surface area contributed by atoms with Crippen LogP contribution in [0, 0.1) is 6.92 Å². The maximum atomic E-state index is 12.1. The van der Waals surface area contributed by atoms with Gasteiger partial charge in [0.15, 0.2) is 0 Å². The molecule has 3 aromatic rings. The number of esters is 1. The minimum atomic E-state index is -0.627. The van der Waals surface area contributed by atoms with Crippen LogP contribution < -0.4 is 0 Å². The minimum Gasteiger partial charge on any atom is -0.507 e. The Balaban J connectivity index is 1.74. The number of ether oxygens (including phenoxy) is 1. The Hall–Kier alpha value is -2.60. The van der Waals surface area contributed by atoms with E-state index in [2.05, 4.69) is 20.9 Å². The second-order valence-electron chi connectivity index (χ2n) is 5.13. The molecular weight excluding hydrogens is 374 g/mol. The van der Waals surface area contributed by atoms with Gasteiger partial charge in [0, 0.05) is 10.0 Å². The quantitative estimate of drug-likeness (QED) is 0.668. The van der Waals surface area contributed by atoms with E-state index in [0.29, 0.717) is 21.8 Å². The largest absolute Gasteiger partial charge is 0.507 e. The number of aromatic hydroxyl groups is 1. The number of oxazole rings is 1. The highest BCUT2D eigenvalue weighted by atomic mass is 79.9. The molecule has 122 valence electrons. The smallest absolute Gasteiger partial charge is 0.342 e. The van der Waals surface area contributed by atoms with E-state index in [1.807, 2.05) is 30.3 Å². The molecule has 0 radical (unpaired) electrons. The van der Waals surface area contributed by atoms with Crippen LogP contribution in [0.3, 0.4) is 0 Å². The first-order chi connectivity index (χ1) is 11.5. The number of aryl methyl sites for hydroxylation is 1. The summed E-state index contributed by atoms with van der Waals surface area (Å²) in [4.78, 5) is 16.5. The molecule has 0 spiro atoms. The predicted octanol–water partition coefficient (Wildman–Crippen LogP) is 4.48. The fourth-order valence-corrected chi connectivity index (χ4v) is 2.51. The summed E-state index contributed by atoms with van der Waals surface area (Å²) in [5.41, 5.74) is 1.48. The third kappa shape index (κ3) is 3.49. The van der Waals surface area contributed by atoms with Gasteiger partial charge < -0.3 is 14.3 Å². The van der Waals surface area contributed by atoms with Gasteiger partial charge in [-0.3, -0.25) is 0 Å². The van der Waals surface area contributed by atoms with Crippen molar-refractivity contribution in [3.8, 4) is 17.2 Å². The molecule has 2 aromatic carbocycles. The third-order valence-electron chi connectivity index (χ3n) is 3.43. The summed E-state index contributed by atoms with van der Waals surface area (Å²) in [6.45, 7) is 1.73. The number of aromatic nitrogens is 1. The standard InChI is InChI=1S/C18H14BrNO4/c1-11-15(20-17(24-11)12-5-3-2-4-6-12)10-23-18(22)14-9-13(19)7-8-16(14)21/h2-9,21H,10H2,1H3. The van der Waals surface area contributed by atoms with Gasteiger partial charge in [-0.25, -0.2) is 9.78 Å². The fourth-order valence-electron chi connectivity index (χ4n) is 2.15. The number of phenols is 1. The van der Waals surface area contributed by atoms with Crippen LogP contribution in [0.25, 0.3) is 11.5 Å². The zero-order valence-corrected chi connectivity index (χ0v) is 14.4. The summed E-state index contributed by atoms with van der Waals surface area (Å²) in [6.07, 6.45) is 0. The number of halogens is 1. The first-order valence-corrected chi connectivity index (χ1v) is 8.01. The van der Waals surface area contributed by atoms with Gasteiger partial charge in [-0.2, -0.15) is 0 Å². The van der Waals surface area contributed by atoms with Crippen molar-refractivity contribution in [2.24, 2.45) is 0 Å². The van der Waals surface area contributed by atoms with Crippen LogP contribution in [0.15, 0.2) is 57.4 Å². The van der Waals surface area contributed by atoms with Gasteiger partial charge in [0.25, 0.3) is 0 Å². The van der Waals surface area contributed by atoms with Crippen LogP contribution >= 0.6 is 15.9 Å². The molecule has 1 N–H and O–H groups in total. The zero-order chi connectivity index (χ0) is 17.1. The van der Waals surface area contributed by atoms with Crippen LogP contribution in [-0.2, 0) is 11.3 Å². The van der Waals surface area contributed by atoms with Crippen molar-refractivity contribution in [1.29, 1.82) is 0 Å². The van der Waals surface area contributed by atoms with Crippen molar-refractivity contribution in [2.45, 2.75) is 13.5 Å². The van der Waals surface area contributed by atoms with Crippen molar-refractivity contribution < 1.29 is 19.1 Å². The number of nitrogens with zero attached hydrogens (tertiary/aromatic N) is 1. The lowest BCUT2D eigenvalue weighted by molar-refractivity contribution is 0.0463. The lowest BCUT2D eigenvalue weighted by Gasteiger charge is -2.05. The number of carbonyl (C=O) groups is 1. The Labute approximate surface area is 147 Å². The van der Waals surface area contributed by atoms with Gasteiger partial charge in [0.1, 0.15) is 29.4 Å². The molecule has 0 atom stereocenters. The molecule has 0 amide bonds. The van der Waals surface area contributed by atoms with Gasteiger partial charge in [0.2, 0.25) is 5.89 Å². The highest BCUT2D eigenvalue weighted by molar-refractivity contribution is 9.10.